The summed E-state index contributed by atoms with van der Waals surface area (Å²) in [5, 5.41) is 3.19. The van der Waals surface area contributed by atoms with E-state index in [0.717, 1.165) is 12.0 Å². The molecule has 1 aromatic carbocycles. The third kappa shape index (κ3) is 3.63. The summed E-state index contributed by atoms with van der Waals surface area (Å²) in [6, 6.07) is 6.55. The Kier molecular flexibility index (Phi) is 4.95. The molecular weight excluding hydrogens is 334 g/mol. The molecule has 4 nitrogen and oxygen atoms in total. The van der Waals surface area contributed by atoms with Gasteiger partial charge in [-0.15, -0.1) is 0 Å². The maximum absolute atomic E-state index is 13.4. The van der Waals surface area contributed by atoms with Crippen LogP contribution < -0.4 is 5.32 Å². The van der Waals surface area contributed by atoms with Crippen molar-refractivity contribution < 1.29 is 17.2 Å². The molecule has 0 aromatic heterocycles. The highest BCUT2D eigenvalue weighted by atomic mass is 32.2. The molecule has 1 aromatic rings. The average Bonchev–Trinajstić information content (AvgIpc) is 3.20. The fourth-order valence-electron chi connectivity index (χ4n) is 3.26. The number of nitrogens with one attached hydrogen (secondary N) is 1. The van der Waals surface area contributed by atoms with Crippen molar-refractivity contribution in [1.29, 1.82) is 0 Å². The van der Waals surface area contributed by atoms with Gasteiger partial charge in [-0.25, -0.2) is 17.2 Å². The van der Waals surface area contributed by atoms with Gasteiger partial charge in [-0.3, -0.25) is 0 Å². The average molecular weight is 358 g/mol. The zero-order valence-corrected chi connectivity index (χ0v) is 14.7. The van der Waals surface area contributed by atoms with Crippen molar-refractivity contribution >= 4 is 10.0 Å². The Bertz CT molecular complexity index is 670. The number of halogens is 2. The number of hydrogen-bond acceptors (Lipinski definition) is 3. The Balaban J connectivity index is 1.86. The number of nitrogens with zero attached hydrogens (tertiary/aromatic N) is 1. The second kappa shape index (κ2) is 6.69. The molecule has 0 amide bonds. The third-order valence-corrected chi connectivity index (χ3v) is 6.94. The van der Waals surface area contributed by atoms with Crippen LogP contribution in [0.4, 0.5) is 8.78 Å². The molecule has 1 aliphatic carbocycles. The monoisotopic (exact) mass is 358 g/mol. The fraction of sp³-hybridized carbons (Fsp3) is 0.647. The lowest BCUT2D eigenvalue weighted by atomic mass is 10.1. The van der Waals surface area contributed by atoms with Crippen LogP contribution in [0.3, 0.4) is 0 Å². The predicted molar refractivity (Wildman–Crippen MR) is 88.7 cm³/mol. The zero-order valence-electron chi connectivity index (χ0n) is 13.8. The summed E-state index contributed by atoms with van der Waals surface area (Å²) < 4.78 is 54.2. The molecule has 24 heavy (non-hydrogen) atoms. The van der Waals surface area contributed by atoms with E-state index in [1.165, 1.54) is 4.31 Å². The molecule has 1 heterocycles. The Hall–Kier alpha value is -1.05. The van der Waals surface area contributed by atoms with Crippen LogP contribution >= 0.6 is 0 Å². The Morgan fingerprint density at radius 1 is 1.21 bits per heavy atom. The second-order valence-electron chi connectivity index (χ2n) is 6.72. The highest BCUT2D eigenvalue weighted by Gasteiger charge is 2.58. The van der Waals surface area contributed by atoms with Crippen molar-refractivity contribution in [2.24, 2.45) is 5.92 Å². The minimum Gasteiger partial charge on any atom is -0.317 e. The Labute approximate surface area is 142 Å². The molecule has 1 N–H and O–H groups in total. The smallest absolute Gasteiger partial charge is 0.252 e. The molecular formula is C17H24F2N2O2S. The first-order chi connectivity index (χ1) is 11.3. The van der Waals surface area contributed by atoms with Crippen LogP contribution in [0.25, 0.3) is 0 Å². The summed E-state index contributed by atoms with van der Waals surface area (Å²) in [6.07, 6.45) is 1.93. The molecule has 0 bridgehead atoms. The Morgan fingerprint density at radius 2 is 1.79 bits per heavy atom. The summed E-state index contributed by atoms with van der Waals surface area (Å²) in [6.45, 7) is 3.34. The summed E-state index contributed by atoms with van der Waals surface area (Å²) >= 11 is 0. The molecule has 1 saturated carbocycles. The van der Waals surface area contributed by atoms with Gasteiger partial charge in [0.1, 0.15) is 0 Å². The van der Waals surface area contributed by atoms with Crippen molar-refractivity contribution in [1.82, 2.24) is 9.62 Å². The normalized spacial score (nSPS) is 24.2. The summed E-state index contributed by atoms with van der Waals surface area (Å²) in [4.78, 5) is 0.196. The third-order valence-electron chi connectivity index (χ3n) is 5.01. The number of hydrogen-bond donors (Lipinski definition) is 1. The van der Waals surface area contributed by atoms with Crippen LogP contribution in [0, 0.1) is 5.92 Å². The van der Waals surface area contributed by atoms with Gasteiger partial charge in [0.05, 0.1) is 4.90 Å². The van der Waals surface area contributed by atoms with Gasteiger partial charge in [-0.2, -0.15) is 4.31 Å². The Morgan fingerprint density at radius 3 is 2.29 bits per heavy atom. The van der Waals surface area contributed by atoms with Crippen LogP contribution in [0.2, 0.25) is 0 Å². The largest absolute Gasteiger partial charge is 0.317 e. The van der Waals surface area contributed by atoms with Gasteiger partial charge in [0.25, 0.3) is 5.92 Å². The van der Waals surface area contributed by atoms with Crippen molar-refractivity contribution in [2.45, 2.75) is 49.5 Å². The maximum atomic E-state index is 13.4. The van der Waals surface area contributed by atoms with Gasteiger partial charge in [0, 0.05) is 24.9 Å². The topological polar surface area (TPSA) is 49.4 Å². The molecule has 1 unspecified atom stereocenters. The standard InChI is InChI=1S/C17H24F2N2O2S/c1-2-13-3-5-16(6-4-13)24(22,23)21(12-14-11-17(14,18)19)15-7-9-20-10-8-15/h3-6,14-15,20H,2,7-12H2,1H3. The van der Waals surface area contributed by atoms with E-state index in [4.69, 9.17) is 0 Å². The highest BCUT2D eigenvalue weighted by Crippen LogP contribution is 2.49. The van der Waals surface area contributed by atoms with Crippen LogP contribution in [0.15, 0.2) is 29.2 Å². The first kappa shape index (κ1) is 17.8. The van der Waals surface area contributed by atoms with E-state index in [9.17, 15) is 17.2 Å². The first-order valence-electron chi connectivity index (χ1n) is 8.54. The first-order valence-corrected chi connectivity index (χ1v) is 9.98. The van der Waals surface area contributed by atoms with Crippen molar-refractivity contribution in [3.8, 4) is 0 Å². The van der Waals surface area contributed by atoms with E-state index < -0.39 is 21.9 Å². The SMILES string of the molecule is CCc1ccc(S(=O)(=O)N(CC2CC2(F)F)C2CCNCC2)cc1. The zero-order chi connectivity index (χ0) is 17.4. The lowest BCUT2D eigenvalue weighted by Crippen LogP contribution is -2.47. The predicted octanol–water partition coefficient (Wildman–Crippen LogP) is 2.65. The van der Waals surface area contributed by atoms with E-state index >= 15 is 0 Å². The number of rotatable bonds is 6. The van der Waals surface area contributed by atoms with E-state index in [0.29, 0.717) is 25.9 Å². The van der Waals surface area contributed by atoms with Gasteiger partial charge in [-0.05, 0) is 50.0 Å². The lowest BCUT2D eigenvalue weighted by molar-refractivity contribution is 0.0905. The van der Waals surface area contributed by atoms with Crippen LogP contribution in [-0.2, 0) is 16.4 Å². The van der Waals surface area contributed by atoms with Gasteiger partial charge < -0.3 is 5.32 Å². The number of sulfonamides is 1. The molecule has 7 heteroatoms. The van der Waals surface area contributed by atoms with Gasteiger partial charge in [-0.1, -0.05) is 19.1 Å². The molecule has 2 aliphatic rings. The van der Waals surface area contributed by atoms with Gasteiger partial charge in [0.15, 0.2) is 0 Å². The molecule has 134 valence electrons. The van der Waals surface area contributed by atoms with Crippen molar-refractivity contribution in [2.75, 3.05) is 19.6 Å². The van der Waals surface area contributed by atoms with Crippen molar-refractivity contribution in [3.05, 3.63) is 29.8 Å². The van der Waals surface area contributed by atoms with E-state index in [-0.39, 0.29) is 23.9 Å². The van der Waals surface area contributed by atoms with Crippen molar-refractivity contribution in [3.63, 3.8) is 0 Å². The second-order valence-corrected chi connectivity index (χ2v) is 8.61. The van der Waals surface area contributed by atoms with E-state index in [2.05, 4.69) is 5.32 Å². The van der Waals surface area contributed by atoms with Crippen LogP contribution in [-0.4, -0.2) is 44.3 Å². The quantitative estimate of drug-likeness (QED) is 0.851. The molecule has 3 rings (SSSR count). The van der Waals surface area contributed by atoms with E-state index in [1.807, 2.05) is 6.92 Å². The van der Waals surface area contributed by atoms with E-state index in [1.54, 1.807) is 24.3 Å². The minimum absolute atomic E-state index is 0.0878. The molecule has 0 spiro atoms. The van der Waals surface area contributed by atoms with Gasteiger partial charge >= 0.3 is 0 Å². The highest BCUT2D eigenvalue weighted by molar-refractivity contribution is 7.89. The fourth-order valence-corrected chi connectivity index (χ4v) is 4.99. The number of alkyl halides is 2. The van der Waals surface area contributed by atoms with Crippen LogP contribution in [0.5, 0.6) is 0 Å². The number of aryl methyl sites for hydroxylation is 1. The maximum Gasteiger partial charge on any atom is 0.252 e. The molecule has 1 atom stereocenters. The molecule has 1 saturated heterocycles. The molecule has 2 fully saturated rings. The number of benzene rings is 1. The summed E-state index contributed by atoms with van der Waals surface area (Å²) in [5.41, 5.74) is 1.05. The molecule has 1 aliphatic heterocycles. The van der Waals surface area contributed by atoms with Crippen LogP contribution in [0.1, 0.15) is 31.7 Å². The lowest BCUT2D eigenvalue weighted by Gasteiger charge is -2.34. The van der Waals surface area contributed by atoms with Gasteiger partial charge in [0.2, 0.25) is 10.0 Å². The minimum atomic E-state index is -3.76. The molecule has 0 radical (unpaired) electrons. The number of piperidine rings is 1. The summed E-state index contributed by atoms with van der Waals surface area (Å²) in [7, 11) is -3.76. The summed E-state index contributed by atoms with van der Waals surface area (Å²) in [5.74, 6) is -3.57.